The molecule has 0 atom stereocenters. The number of halogens is 1. The van der Waals surface area contributed by atoms with Crippen LogP contribution in [0.1, 0.15) is 10.4 Å². The van der Waals surface area contributed by atoms with E-state index >= 15 is 0 Å². The molecule has 0 radical (unpaired) electrons. The summed E-state index contributed by atoms with van der Waals surface area (Å²) in [6, 6.07) is 6.49. The van der Waals surface area contributed by atoms with Gasteiger partial charge in [-0.1, -0.05) is 0 Å². The van der Waals surface area contributed by atoms with Crippen LogP contribution in [0, 0.1) is 0 Å². The van der Waals surface area contributed by atoms with Gasteiger partial charge in [0.15, 0.2) is 16.6 Å². The Kier molecular flexibility index (Phi) is 2.72. The summed E-state index contributed by atoms with van der Waals surface area (Å²) in [6.07, 6.45) is 1.63. The Morgan fingerprint density at radius 3 is 2.95 bits per heavy atom. The zero-order chi connectivity index (χ0) is 13.4. The molecule has 0 aliphatic rings. The van der Waals surface area contributed by atoms with Crippen LogP contribution in [0.3, 0.4) is 0 Å². The first-order valence-corrected chi connectivity index (χ1v) is 5.75. The van der Waals surface area contributed by atoms with Crippen LogP contribution < -0.4 is 0 Å². The van der Waals surface area contributed by atoms with E-state index in [2.05, 4.69) is 14.8 Å². The molecule has 0 spiro atoms. The van der Waals surface area contributed by atoms with Crippen molar-refractivity contribution in [1.29, 1.82) is 0 Å². The Labute approximate surface area is 112 Å². The van der Waals surface area contributed by atoms with Gasteiger partial charge >= 0.3 is 5.97 Å². The predicted molar refractivity (Wildman–Crippen MR) is 67.0 cm³/mol. The lowest BCUT2D eigenvalue weighted by Crippen LogP contribution is -2.02. The number of pyridine rings is 1. The topological polar surface area (TPSA) is 69.6 Å². The van der Waals surface area contributed by atoms with Gasteiger partial charge in [-0.25, -0.2) is 14.3 Å². The van der Waals surface area contributed by atoms with E-state index in [1.54, 1.807) is 30.5 Å². The fourth-order valence-electron chi connectivity index (χ4n) is 1.67. The third kappa shape index (κ3) is 2.06. The van der Waals surface area contributed by atoms with Crippen molar-refractivity contribution in [3.8, 4) is 11.6 Å². The lowest BCUT2D eigenvalue weighted by atomic mass is 10.3. The molecule has 0 saturated heterocycles. The van der Waals surface area contributed by atoms with Gasteiger partial charge < -0.3 is 9.15 Å². The summed E-state index contributed by atoms with van der Waals surface area (Å²) in [5.74, 6) is 0.440. The molecule has 0 bridgehead atoms. The van der Waals surface area contributed by atoms with E-state index in [0.717, 1.165) is 0 Å². The molecule has 0 N–H and O–H groups in total. The third-order valence-electron chi connectivity index (χ3n) is 2.55. The van der Waals surface area contributed by atoms with Gasteiger partial charge in [-0.15, -0.1) is 5.10 Å². The molecular formula is C12H8ClN3O3. The molecule has 19 heavy (non-hydrogen) atoms. The first-order chi connectivity index (χ1) is 9.17. The van der Waals surface area contributed by atoms with Gasteiger partial charge in [-0.05, 0) is 35.9 Å². The summed E-state index contributed by atoms with van der Waals surface area (Å²) in [5.41, 5.74) is 0.928. The smallest absolute Gasteiger partial charge is 0.338 e. The first kappa shape index (κ1) is 11.7. The molecule has 0 fully saturated rings. The number of ether oxygens (including phenoxy) is 1. The molecule has 0 unspecified atom stereocenters. The standard InChI is InChI=1S/C12H8ClN3O3/c1-18-12(17)7-4-5-16-10(6-7)14-11(15-16)8-2-3-9(13)19-8/h2-6H,1H3. The predicted octanol–water partition coefficient (Wildman–Crippen LogP) is 2.43. The van der Waals surface area contributed by atoms with E-state index in [9.17, 15) is 4.79 Å². The Bertz CT molecular complexity index is 763. The van der Waals surface area contributed by atoms with Crippen LogP contribution in [0.2, 0.25) is 5.22 Å². The van der Waals surface area contributed by atoms with Gasteiger partial charge in [0.1, 0.15) is 0 Å². The maximum absolute atomic E-state index is 11.4. The summed E-state index contributed by atoms with van der Waals surface area (Å²) >= 11 is 5.70. The number of esters is 1. The molecule has 0 aromatic carbocycles. The summed E-state index contributed by atoms with van der Waals surface area (Å²) in [7, 11) is 1.33. The number of nitrogens with zero attached hydrogens (tertiary/aromatic N) is 3. The van der Waals surface area contributed by atoms with Crippen molar-refractivity contribution in [2.75, 3.05) is 7.11 Å². The molecular weight excluding hydrogens is 270 g/mol. The zero-order valence-electron chi connectivity index (χ0n) is 9.83. The number of aromatic nitrogens is 3. The Hall–Kier alpha value is -2.34. The molecule has 3 heterocycles. The van der Waals surface area contributed by atoms with Gasteiger partial charge in [0, 0.05) is 6.20 Å². The second-order valence-electron chi connectivity index (χ2n) is 3.75. The van der Waals surface area contributed by atoms with Gasteiger partial charge in [-0.2, -0.15) is 0 Å². The quantitative estimate of drug-likeness (QED) is 0.673. The molecule has 3 aromatic heterocycles. The highest BCUT2D eigenvalue weighted by Crippen LogP contribution is 2.22. The average Bonchev–Trinajstić information content (AvgIpc) is 3.02. The number of furan rings is 1. The molecule has 0 amide bonds. The van der Waals surface area contributed by atoms with Crippen molar-refractivity contribution in [3.63, 3.8) is 0 Å². The van der Waals surface area contributed by atoms with Crippen LogP contribution in [-0.4, -0.2) is 27.7 Å². The first-order valence-electron chi connectivity index (χ1n) is 5.38. The number of carbonyl (C=O) groups excluding carboxylic acids is 1. The number of hydrogen-bond acceptors (Lipinski definition) is 5. The van der Waals surface area contributed by atoms with Crippen LogP contribution in [0.15, 0.2) is 34.9 Å². The summed E-state index contributed by atoms with van der Waals surface area (Å²) < 4.78 is 11.4. The Balaban J connectivity index is 2.08. The maximum Gasteiger partial charge on any atom is 0.338 e. The molecule has 96 valence electrons. The average molecular weight is 278 g/mol. The molecule has 0 aliphatic heterocycles. The number of rotatable bonds is 2. The molecule has 3 rings (SSSR count). The van der Waals surface area contributed by atoms with E-state index in [-0.39, 0.29) is 5.22 Å². The Morgan fingerprint density at radius 2 is 2.26 bits per heavy atom. The largest absolute Gasteiger partial charge is 0.465 e. The normalized spacial score (nSPS) is 10.8. The lowest BCUT2D eigenvalue weighted by Gasteiger charge is -1.97. The molecule has 6 nitrogen and oxygen atoms in total. The lowest BCUT2D eigenvalue weighted by molar-refractivity contribution is 0.0600. The number of carbonyl (C=O) groups is 1. The minimum absolute atomic E-state index is 0.268. The highest BCUT2D eigenvalue weighted by molar-refractivity contribution is 6.28. The second kappa shape index (κ2) is 4.40. The molecule has 0 saturated carbocycles. The van der Waals surface area contributed by atoms with Crippen molar-refractivity contribution in [2.24, 2.45) is 0 Å². The number of methoxy groups -OCH3 is 1. The van der Waals surface area contributed by atoms with Crippen molar-refractivity contribution >= 4 is 23.2 Å². The van der Waals surface area contributed by atoms with Crippen LogP contribution in [0.25, 0.3) is 17.2 Å². The SMILES string of the molecule is COC(=O)c1ccn2nc(-c3ccc(Cl)o3)nc2c1. The van der Waals surface area contributed by atoms with Gasteiger partial charge in [0.25, 0.3) is 0 Å². The van der Waals surface area contributed by atoms with Gasteiger partial charge in [0.2, 0.25) is 5.82 Å². The van der Waals surface area contributed by atoms with Crippen molar-refractivity contribution < 1.29 is 13.9 Å². The molecule has 3 aromatic rings. The van der Waals surface area contributed by atoms with Crippen LogP contribution in [0.5, 0.6) is 0 Å². The second-order valence-corrected chi connectivity index (χ2v) is 4.12. The van der Waals surface area contributed by atoms with E-state index in [1.165, 1.54) is 11.6 Å². The summed E-state index contributed by atoms with van der Waals surface area (Å²) in [4.78, 5) is 15.7. The van der Waals surface area contributed by atoms with Crippen LogP contribution in [-0.2, 0) is 4.74 Å². The van der Waals surface area contributed by atoms with E-state index in [1.807, 2.05) is 0 Å². The van der Waals surface area contributed by atoms with Crippen molar-refractivity contribution in [1.82, 2.24) is 14.6 Å². The van der Waals surface area contributed by atoms with Crippen molar-refractivity contribution in [2.45, 2.75) is 0 Å². The van der Waals surface area contributed by atoms with E-state index < -0.39 is 5.97 Å². The number of hydrogen-bond donors (Lipinski definition) is 0. The summed E-state index contributed by atoms with van der Waals surface area (Å²) in [5, 5.41) is 4.49. The molecule has 0 aliphatic carbocycles. The van der Waals surface area contributed by atoms with Crippen LogP contribution >= 0.6 is 11.6 Å². The maximum atomic E-state index is 11.4. The Morgan fingerprint density at radius 1 is 1.42 bits per heavy atom. The highest BCUT2D eigenvalue weighted by atomic mass is 35.5. The van der Waals surface area contributed by atoms with Crippen molar-refractivity contribution in [3.05, 3.63) is 41.2 Å². The minimum Gasteiger partial charge on any atom is -0.465 e. The van der Waals surface area contributed by atoms with Gasteiger partial charge in [0.05, 0.1) is 12.7 Å². The fourth-order valence-corrected chi connectivity index (χ4v) is 1.81. The fraction of sp³-hybridized carbons (Fsp3) is 0.0833. The number of fused-ring (bicyclic) bond motifs is 1. The van der Waals surface area contributed by atoms with Crippen LogP contribution in [0.4, 0.5) is 0 Å². The molecule has 7 heteroatoms. The monoisotopic (exact) mass is 277 g/mol. The summed E-state index contributed by atoms with van der Waals surface area (Å²) in [6.45, 7) is 0. The van der Waals surface area contributed by atoms with Gasteiger partial charge in [-0.3, -0.25) is 0 Å². The minimum atomic E-state index is -0.423. The highest BCUT2D eigenvalue weighted by Gasteiger charge is 2.12. The van der Waals surface area contributed by atoms with E-state index in [4.69, 9.17) is 16.0 Å². The zero-order valence-corrected chi connectivity index (χ0v) is 10.6. The van der Waals surface area contributed by atoms with E-state index in [0.29, 0.717) is 22.8 Å². The third-order valence-corrected chi connectivity index (χ3v) is 2.76.